The number of carbonyl (C=O) groups excluding carboxylic acids is 2. The highest BCUT2D eigenvalue weighted by atomic mass is 32.2. The van der Waals surface area contributed by atoms with Gasteiger partial charge in [-0.15, -0.1) is 0 Å². The smallest absolute Gasteiger partial charge is 0.239 e. The number of nitrogens with zero attached hydrogens (tertiary/aromatic N) is 1. The van der Waals surface area contributed by atoms with Gasteiger partial charge in [0.1, 0.15) is 0 Å². The largest absolute Gasteiger partial charge is 0.354 e. The molecular formula is C24H31N3O2S. The van der Waals surface area contributed by atoms with Crippen LogP contribution in [0.25, 0.3) is 0 Å². The van der Waals surface area contributed by atoms with E-state index in [2.05, 4.69) is 16.7 Å². The van der Waals surface area contributed by atoms with Gasteiger partial charge >= 0.3 is 0 Å². The van der Waals surface area contributed by atoms with Crippen LogP contribution in [0.3, 0.4) is 0 Å². The number of benzene rings is 1. The summed E-state index contributed by atoms with van der Waals surface area (Å²) in [7, 11) is 0. The highest BCUT2D eigenvalue weighted by Crippen LogP contribution is 2.61. The zero-order chi connectivity index (χ0) is 21.0. The molecule has 30 heavy (non-hydrogen) atoms. The molecule has 1 aromatic rings. The van der Waals surface area contributed by atoms with E-state index in [0.717, 1.165) is 34.8 Å². The van der Waals surface area contributed by atoms with Crippen molar-refractivity contribution in [3.05, 3.63) is 35.4 Å². The van der Waals surface area contributed by atoms with Crippen LogP contribution in [-0.2, 0) is 15.3 Å². The number of amides is 2. The van der Waals surface area contributed by atoms with E-state index in [9.17, 15) is 9.59 Å². The summed E-state index contributed by atoms with van der Waals surface area (Å²) in [6.07, 6.45) is 8.37. The van der Waals surface area contributed by atoms with Crippen molar-refractivity contribution in [3.63, 3.8) is 0 Å². The number of rotatable bonds is 9. The van der Waals surface area contributed by atoms with Crippen LogP contribution in [0.5, 0.6) is 0 Å². The van der Waals surface area contributed by atoms with E-state index in [-0.39, 0.29) is 23.8 Å². The molecule has 4 bridgehead atoms. The molecule has 4 aliphatic carbocycles. The fourth-order valence-corrected chi connectivity index (χ4v) is 7.21. The van der Waals surface area contributed by atoms with Gasteiger partial charge < -0.3 is 10.6 Å². The first-order valence-corrected chi connectivity index (χ1v) is 12.3. The standard InChI is InChI=1S/C24H31N3O2S/c25-14-20-3-1-2-4-21(20)16-30-6-5-26-23(29)15-27-22(28)13-24-10-17-7-18(11-24)9-19(8-17)12-24/h1-4,17-19H,5-13,15-16H2,(H,26,29)(H,27,28). The van der Waals surface area contributed by atoms with Crippen LogP contribution in [0.2, 0.25) is 0 Å². The Morgan fingerprint density at radius 2 is 1.70 bits per heavy atom. The summed E-state index contributed by atoms with van der Waals surface area (Å²) in [4.78, 5) is 24.6. The molecule has 5 nitrogen and oxygen atoms in total. The maximum absolute atomic E-state index is 12.5. The SMILES string of the molecule is N#Cc1ccccc1CSCCNC(=O)CNC(=O)CC12CC3CC(CC(C3)C1)C2. The maximum Gasteiger partial charge on any atom is 0.239 e. The lowest BCUT2D eigenvalue weighted by atomic mass is 9.49. The van der Waals surface area contributed by atoms with Crippen LogP contribution in [-0.4, -0.2) is 30.7 Å². The number of carbonyl (C=O) groups is 2. The van der Waals surface area contributed by atoms with Crippen molar-refractivity contribution in [3.8, 4) is 6.07 Å². The van der Waals surface area contributed by atoms with Crippen molar-refractivity contribution < 1.29 is 9.59 Å². The number of hydrogen-bond acceptors (Lipinski definition) is 4. The van der Waals surface area contributed by atoms with Gasteiger partial charge in [0.05, 0.1) is 18.2 Å². The predicted molar refractivity (Wildman–Crippen MR) is 119 cm³/mol. The van der Waals surface area contributed by atoms with E-state index < -0.39 is 0 Å². The monoisotopic (exact) mass is 425 g/mol. The predicted octanol–water partition coefficient (Wildman–Crippen LogP) is 3.63. The Bertz CT molecular complexity index is 797. The molecule has 0 spiro atoms. The Hall–Kier alpha value is -2.00. The number of nitrogens with one attached hydrogen (secondary N) is 2. The second-order valence-electron chi connectivity index (χ2n) is 9.54. The lowest BCUT2D eigenvalue weighted by molar-refractivity contribution is -0.131. The topological polar surface area (TPSA) is 82.0 Å². The summed E-state index contributed by atoms with van der Waals surface area (Å²) < 4.78 is 0. The van der Waals surface area contributed by atoms with E-state index in [4.69, 9.17) is 5.26 Å². The van der Waals surface area contributed by atoms with Gasteiger partial charge in [-0.25, -0.2) is 0 Å². The minimum atomic E-state index is -0.133. The van der Waals surface area contributed by atoms with Crippen LogP contribution in [0.15, 0.2) is 24.3 Å². The molecule has 0 atom stereocenters. The third kappa shape index (κ3) is 5.18. The Morgan fingerprint density at radius 3 is 2.37 bits per heavy atom. The van der Waals surface area contributed by atoms with Crippen LogP contribution in [0.1, 0.15) is 56.1 Å². The zero-order valence-electron chi connectivity index (χ0n) is 17.5. The molecule has 4 saturated carbocycles. The maximum atomic E-state index is 12.5. The van der Waals surface area contributed by atoms with Gasteiger partial charge in [-0.2, -0.15) is 17.0 Å². The average Bonchev–Trinajstić information content (AvgIpc) is 2.71. The molecule has 160 valence electrons. The Kier molecular flexibility index (Phi) is 6.67. The lowest BCUT2D eigenvalue weighted by Crippen LogP contribution is -2.48. The highest BCUT2D eigenvalue weighted by Gasteiger charge is 2.51. The normalized spacial score (nSPS) is 28.7. The van der Waals surface area contributed by atoms with Crippen molar-refractivity contribution in [1.29, 1.82) is 5.26 Å². The molecule has 4 aliphatic rings. The van der Waals surface area contributed by atoms with Gasteiger partial charge in [0.2, 0.25) is 11.8 Å². The van der Waals surface area contributed by atoms with Crippen molar-refractivity contribution >= 4 is 23.6 Å². The highest BCUT2D eigenvalue weighted by molar-refractivity contribution is 7.98. The number of thioether (sulfide) groups is 1. The van der Waals surface area contributed by atoms with Crippen molar-refractivity contribution in [1.82, 2.24) is 10.6 Å². The van der Waals surface area contributed by atoms with Crippen LogP contribution in [0.4, 0.5) is 0 Å². The van der Waals surface area contributed by atoms with Crippen LogP contribution >= 0.6 is 11.8 Å². The molecule has 0 unspecified atom stereocenters. The minimum absolute atomic E-state index is 0.0367. The zero-order valence-corrected chi connectivity index (χ0v) is 18.3. The lowest BCUT2D eigenvalue weighted by Gasteiger charge is -2.56. The summed E-state index contributed by atoms with van der Waals surface area (Å²) in [5, 5.41) is 14.8. The average molecular weight is 426 g/mol. The molecule has 4 fully saturated rings. The van der Waals surface area contributed by atoms with Gasteiger partial charge in [-0.3, -0.25) is 9.59 Å². The molecular weight excluding hydrogens is 394 g/mol. The molecule has 6 heteroatoms. The number of nitriles is 1. The van der Waals surface area contributed by atoms with E-state index in [1.807, 2.05) is 24.3 Å². The molecule has 0 aliphatic heterocycles. The van der Waals surface area contributed by atoms with E-state index >= 15 is 0 Å². The van der Waals surface area contributed by atoms with Crippen molar-refractivity contribution in [2.45, 2.75) is 50.7 Å². The molecule has 0 heterocycles. The van der Waals surface area contributed by atoms with Gasteiger partial charge in [0.15, 0.2) is 0 Å². The molecule has 2 N–H and O–H groups in total. The first-order chi connectivity index (χ1) is 14.5. The molecule has 2 amide bonds. The van der Waals surface area contributed by atoms with Crippen molar-refractivity contribution in [2.75, 3.05) is 18.8 Å². The number of hydrogen-bond donors (Lipinski definition) is 2. The third-order valence-electron chi connectivity index (χ3n) is 7.11. The van der Waals surface area contributed by atoms with E-state index in [1.54, 1.807) is 11.8 Å². The van der Waals surface area contributed by atoms with Gasteiger partial charge in [0, 0.05) is 24.5 Å². The van der Waals surface area contributed by atoms with Gasteiger partial charge in [-0.1, -0.05) is 18.2 Å². The minimum Gasteiger partial charge on any atom is -0.354 e. The Labute approximate surface area is 183 Å². The summed E-state index contributed by atoms with van der Waals surface area (Å²) in [5.74, 6) is 3.94. The van der Waals surface area contributed by atoms with Gasteiger partial charge in [0.25, 0.3) is 0 Å². The van der Waals surface area contributed by atoms with Crippen LogP contribution in [0, 0.1) is 34.5 Å². The fourth-order valence-electron chi connectivity index (χ4n) is 6.35. The summed E-state index contributed by atoms with van der Waals surface area (Å²) in [6.45, 7) is 0.621. The summed E-state index contributed by atoms with van der Waals surface area (Å²) in [5.41, 5.74) is 1.94. The summed E-state index contributed by atoms with van der Waals surface area (Å²) in [6, 6.07) is 9.79. The first kappa shape index (κ1) is 21.2. The van der Waals surface area contributed by atoms with Crippen molar-refractivity contribution in [2.24, 2.45) is 23.2 Å². The first-order valence-electron chi connectivity index (χ1n) is 11.1. The Morgan fingerprint density at radius 1 is 1.03 bits per heavy atom. The summed E-state index contributed by atoms with van der Waals surface area (Å²) >= 11 is 1.69. The second kappa shape index (κ2) is 9.43. The second-order valence-corrected chi connectivity index (χ2v) is 10.6. The third-order valence-corrected chi connectivity index (χ3v) is 8.12. The van der Waals surface area contributed by atoms with Crippen LogP contribution < -0.4 is 10.6 Å². The molecule has 0 aromatic heterocycles. The molecule has 0 saturated heterocycles. The Balaban J connectivity index is 1.11. The van der Waals surface area contributed by atoms with E-state index in [0.29, 0.717) is 18.5 Å². The molecule has 1 aromatic carbocycles. The molecule has 0 radical (unpaired) electrons. The van der Waals surface area contributed by atoms with E-state index in [1.165, 1.54) is 38.5 Å². The fraction of sp³-hybridized carbons (Fsp3) is 0.625. The molecule has 5 rings (SSSR count). The van der Waals surface area contributed by atoms with Gasteiger partial charge in [-0.05, 0) is 73.3 Å². The quantitative estimate of drug-likeness (QED) is 0.592.